The summed E-state index contributed by atoms with van der Waals surface area (Å²) in [5.41, 5.74) is 2.92. The minimum Gasteiger partial charge on any atom is -0.376 e. The van der Waals surface area contributed by atoms with Gasteiger partial charge in [-0.2, -0.15) is 0 Å². The quantitative estimate of drug-likeness (QED) is 0.838. The average Bonchev–Trinajstić information content (AvgIpc) is 2.60. The van der Waals surface area contributed by atoms with Crippen molar-refractivity contribution in [3.63, 3.8) is 0 Å². The molecular formula is C17H25NO2. The first-order valence-electron chi connectivity index (χ1n) is 7.93. The largest absolute Gasteiger partial charge is 0.376 e. The van der Waals surface area contributed by atoms with E-state index in [1.807, 2.05) is 0 Å². The van der Waals surface area contributed by atoms with Crippen LogP contribution in [0.1, 0.15) is 43.4 Å². The van der Waals surface area contributed by atoms with Crippen molar-refractivity contribution in [2.45, 2.75) is 50.9 Å². The van der Waals surface area contributed by atoms with E-state index in [1.165, 1.54) is 24.0 Å². The topological polar surface area (TPSA) is 30.5 Å². The predicted octanol–water partition coefficient (Wildman–Crippen LogP) is 2.85. The van der Waals surface area contributed by atoms with Crippen LogP contribution in [0.2, 0.25) is 0 Å². The number of rotatable bonds is 5. The Balaban J connectivity index is 1.80. The maximum Gasteiger partial charge on any atom is 0.105 e. The van der Waals surface area contributed by atoms with E-state index in [1.54, 1.807) is 0 Å². The number of ether oxygens (including phenoxy) is 2. The van der Waals surface area contributed by atoms with Crippen molar-refractivity contribution in [2.75, 3.05) is 19.8 Å². The molecule has 0 bridgehead atoms. The summed E-state index contributed by atoms with van der Waals surface area (Å²) in [6.07, 6.45) is 5.24. The maximum absolute atomic E-state index is 6.29. The number of fused-ring (bicyclic) bond motifs is 1. The molecule has 0 amide bonds. The molecule has 2 atom stereocenters. The SMILES string of the molecule is CCCNC1c2ccccc2CCCC1OC1COC1. The van der Waals surface area contributed by atoms with E-state index in [0.29, 0.717) is 12.1 Å². The van der Waals surface area contributed by atoms with Crippen LogP contribution in [-0.4, -0.2) is 32.0 Å². The van der Waals surface area contributed by atoms with Gasteiger partial charge in [0.15, 0.2) is 0 Å². The van der Waals surface area contributed by atoms with Crippen molar-refractivity contribution in [1.29, 1.82) is 0 Å². The normalized spacial score (nSPS) is 26.6. The third-order valence-corrected chi connectivity index (χ3v) is 4.29. The van der Waals surface area contributed by atoms with Crippen LogP contribution in [0.4, 0.5) is 0 Å². The molecule has 3 heteroatoms. The summed E-state index contributed by atoms with van der Waals surface area (Å²) in [4.78, 5) is 0. The van der Waals surface area contributed by atoms with Gasteiger partial charge in [-0.3, -0.25) is 0 Å². The van der Waals surface area contributed by atoms with E-state index in [9.17, 15) is 0 Å². The molecule has 20 heavy (non-hydrogen) atoms. The zero-order valence-corrected chi connectivity index (χ0v) is 12.3. The predicted molar refractivity (Wildman–Crippen MR) is 79.9 cm³/mol. The Morgan fingerprint density at radius 1 is 1.30 bits per heavy atom. The fourth-order valence-electron chi connectivity index (χ4n) is 3.15. The molecule has 1 aromatic rings. The fourth-order valence-corrected chi connectivity index (χ4v) is 3.15. The van der Waals surface area contributed by atoms with E-state index in [-0.39, 0.29) is 6.10 Å². The van der Waals surface area contributed by atoms with Crippen LogP contribution in [0.3, 0.4) is 0 Å². The van der Waals surface area contributed by atoms with E-state index in [2.05, 4.69) is 36.5 Å². The first kappa shape index (κ1) is 14.1. The Morgan fingerprint density at radius 2 is 2.15 bits per heavy atom. The van der Waals surface area contributed by atoms with Gasteiger partial charge >= 0.3 is 0 Å². The fraction of sp³-hybridized carbons (Fsp3) is 0.647. The van der Waals surface area contributed by atoms with Crippen molar-refractivity contribution >= 4 is 0 Å². The van der Waals surface area contributed by atoms with Crippen LogP contribution in [0.25, 0.3) is 0 Å². The van der Waals surface area contributed by atoms with Gasteiger partial charge in [-0.25, -0.2) is 0 Å². The van der Waals surface area contributed by atoms with Crippen LogP contribution in [0, 0.1) is 0 Å². The van der Waals surface area contributed by atoms with Crippen LogP contribution in [0.15, 0.2) is 24.3 Å². The summed E-state index contributed by atoms with van der Waals surface area (Å²) in [6, 6.07) is 9.16. The lowest BCUT2D eigenvalue weighted by Crippen LogP contribution is -2.43. The Bertz CT molecular complexity index is 431. The second-order valence-electron chi connectivity index (χ2n) is 5.86. The molecule has 2 aliphatic rings. The monoisotopic (exact) mass is 275 g/mol. The zero-order valence-electron chi connectivity index (χ0n) is 12.3. The highest BCUT2D eigenvalue weighted by atomic mass is 16.6. The number of nitrogens with one attached hydrogen (secondary N) is 1. The molecule has 1 aliphatic heterocycles. The molecule has 1 N–H and O–H groups in total. The van der Waals surface area contributed by atoms with Gasteiger partial charge in [0.2, 0.25) is 0 Å². The minimum atomic E-state index is 0.277. The third kappa shape index (κ3) is 3.05. The molecule has 3 rings (SSSR count). The maximum atomic E-state index is 6.29. The van der Waals surface area contributed by atoms with E-state index < -0.39 is 0 Å². The average molecular weight is 275 g/mol. The van der Waals surface area contributed by atoms with Gasteiger partial charge in [0.05, 0.1) is 25.4 Å². The Kier molecular flexibility index (Phi) is 4.71. The second kappa shape index (κ2) is 6.70. The molecule has 0 radical (unpaired) electrons. The van der Waals surface area contributed by atoms with E-state index in [4.69, 9.17) is 9.47 Å². The molecule has 0 spiro atoms. The standard InChI is InChI=1S/C17H25NO2/c1-2-10-18-17-15-8-4-3-6-13(15)7-5-9-16(17)20-14-11-19-12-14/h3-4,6,8,14,16-18H,2,5,7,9-12H2,1H3. The molecule has 0 aromatic heterocycles. The lowest BCUT2D eigenvalue weighted by molar-refractivity contribution is -0.162. The van der Waals surface area contributed by atoms with Crippen molar-refractivity contribution in [3.8, 4) is 0 Å². The molecular weight excluding hydrogens is 250 g/mol. The molecule has 1 aromatic carbocycles. The van der Waals surface area contributed by atoms with Crippen LogP contribution < -0.4 is 5.32 Å². The highest BCUT2D eigenvalue weighted by Gasteiger charge is 2.32. The molecule has 0 saturated carbocycles. The van der Waals surface area contributed by atoms with Gasteiger partial charge in [0.25, 0.3) is 0 Å². The smallest absolute Gasteiger partial charge is 0.105 e. The summed E-state index contributed by atoms with van der Waals surface area (Å²) in [6.45, 7) is 4.78. The van der Waals surface area contributed by atoms with E-state index >= 15 is 0 Å². The summed E-state index contributed by atoms with van der Waals surface area (Å²) < 4.78 is 11.5. The van der Waals surface area contributed by atoms with Crippen LogP contribution in [-0.2, 0) is 15.9 Å². The molecule has 110 valence electrons. The highest BCUT2D eigenvalue weighted by molar-refractivity contribution is 5.32. The Hall–Kier alpha value is -0.900. The Morgan fingerprint density at radius 3 is 2.90 bits per heavy atom. The molecule has 3 nitrogen and oxygen atoms in total. The molecule has 1 saturated heterocycles. The third-order valence-electron chi connectivity index (χ3n) is 4.29. The second-order valence-corrected chi connectivity index (χ2v) is 5.86. The molecule has 1 aliphatic carbocycles. The summed E-state index contributed by atoms with van der Waals surface area (Å²) in [5, 5.41) is 3.71. The minimum absolute atomic E-state index is 0.277. The van der Waals surface area contributed by atoms with Crippen molar-refractivity contribution < 1.29 is 9.47 Å². The van der Waals surface area contributed by atoms with Gasteiger partial charge < -0.3 is 14.8 Å². The molecule has 1 fully saturated rings. The summed E-state index contributed by atoms with van der Waals surface area (Å²) >= 11 is 0. The van der Waals surface area contributed by atoms with Gasteiger partial charge in [0.1, 0.15) is 6.10 Å². The summed E-state index contributed by atoms with van der Waals surface area (Å²) in [7, 11) is 0. The zero-order chi connectivity index (χ0) is 13.8. The van der Waals surface area contributed by atoms with Gasteiger partial charge in [-0.15, -0.1) is 0 Å². The first-order valence-corrected chi connectivity index (χ1v) is 7.93. The number of hydrogen-bond donors (Lipinski definition) is 1. The van der Waals surface area contributed by atoms with Crippen molar-refractivity contribution in [3.05, 3.63) is 35.4 Å². The Labute approximate surface area is 121 Å². The number of benzene rings is 1. The lowest BCUT2D eigenvalue weighted by atomic mass is 9.97. The summed E-state index contributed by atoms with van der Waals surface area (Å²) in [5.74, 6) is 0. The highest BCUT2D eigenvalue weighted by Crippen LogP contribution is 2.32. The van der Waals surface area contributed by atoms with Crippen molar-refractivity contribution in [2.24, 2.45) is 0 Å². The van der Waals surface area contributed by atoms with Crippen LogP contribution in [0.5, 0.6) is 0 Å². The van der Waals surface area contributed by atoms with Crippen LogP contribution >= 0.6 is 0 Å². The van der Waals surface area contributed by atoms with Gasteiger partial charge in [-0.05, 0) is 43.4 Å². The van der Waals surface area contributed by atoms with E-state index in [0.717, 1.165) is 32.6 Å². The first-order chi connectivity index (χ1) is 9.88. The lowest BCUT2D eigenvalue weighted by Gasteiger charge is -2.34. The number of aryl methyl sites for hydroxylation is 1. The van der Waals surface area contributed by atoms with Gasteiger partial charge in [0, 0.05) is 0 Å². The van der Waals surface area contributed by atoms with Crippen molar-refractivity contribution in [1.82, 2.24) is 5.32 Å². The molecule has 2 unspecified atom stereocenters. The van der Waals surface area contributed by atoms with Gasteiger partial charge in [-0.1, -0.05) is 31.2 Å². The number of hydrogen-bond acceptors (Lipinski definition) is 3. The molecule has 1 heterocycles.